The zero-order valence-corrected chi connectivity index (χ0v) is 14.7. The summed E-state index contributed by atoms with van der Waals surface area (Å²) in [5, 5.41) is 10.6. The lowest BCUT2D eigenvalue weighted by Crippen LogP contribution is -2.12. The van der Waals surface area contributed by atoms with Gasteiger partial charge in [0.25, 0.3) is 5.91 Å². The summed E-state index contributed by atoms with van der Waals surface area (Å²) in [6.45, 7) is 6.10. The molecule has 128 valence electrons. The topological polar surface area (TPSA) is 68.0 Å². The van der Waals surface area contributed by atoms with Gasteiger partial charge in [-0.1, -0.05) is 42.4 Å². The van der Waals surface area contributed by atoms with E-state index in [9.17, 15) is 4.79 Å². The fourth-order valence-corrected chi connectivity index (χ4v) is 2.49. The second-order valence-electron chi connectivity index (χ2n) is 6.10. The lowest BCUT2D eigenvalue weighted by atomic mass is 10.1. The van der Waals surface area contributed by atoms with Gasteiger partial charge >= 0.3 is 6.01 Å². The van der Waals surface area contributed by atoms with Crippen molar-refractivity contribution in [2.45, 2.75) is 33.6 Å². The Morgan fingerprint density at radius 1 is 1.00 bits per heavy atom. The number of rotatable bonds is 5. The van der Waals surface area contributed by atoms with Gasteiger partial charge in [0.05, 0.1) is 6.42 Å². The maximum Gasteiger partial charge on any atom is 0.322 e. The Morgan fingerprint density at radius 2 is 1.72 bits per heavy atom. The molecule has 5 heteroatoms. The largest absolute Gasteiger partial charge is 0.407 e. The molecule has 3 rings (SSSR count). The van der Waals surface area contributed by atoms with Crippen molar-refractivity contribution >= 4 is 11.9 Å². The van der Waals surface area contributed by atoms with Gasteiger partial charge in [-0.15, -0.1) is 5.10 Å². The fourth-order valence-electron chi connectivity index (χ4n) is 2.49. The molecule has 5 nitrogen and oxygen atoms in total. The van der Waals surface area contributed by atoms with E-state index in [1.807, 2.05) is 26.0 Å². The van der Waals surface area contributed by atoms with Crippen molar-refractivity contribution in [3.8, 4) is 0 Å². The SMILES string of the molecule is CCc1ccc(Cc2nnc(NC(=O)c3ccc(C)c(C)c3)o2)cc1. The van der Waals surface area contributed by atoms with Gasteiger partial charge in [0.2, 0.25) is 5.89 Å². The summed E-state index contributed by atoms with van der Waals surface area (Å²) in [7, 11) is 0. The van der Waals surface area contributed by atoms with Crippen LogP contribution in [0.3, 0.4) is 0 Å². The lowest BCUT2D eigenvalue weighted by Gasteiger charge is -2.04. The summed E-state index contributed by atoms with van der Waals surface area (Å²) in [4.78, 5) is 12.3. The summed E-state index contributed by atoms with van der Waals surface area (Å²) in [6.07, 6.45) is 1.55. The third-order valence-electron chi connectivity index (χ3n) is 4.24. The van der Waals surface area contributed by atoms with Crippen LogP contribution in [0, 0.1) is 13.8 Å². The summed E-state index contributed by atoms with van der Waals surface area (Å²) in [6, 6.07) is 13.9. The number of benzene rings is 2. The van der Waals surface area contributed by atoms with Crippen LogP contribution in [0.2, 0.25) is 0 Å². The summed E-state index contributed by atoms with van der Waals surface area (Å²) in [5.74, 6) is 0.213. The Bertz CT molecular complexity index is 882. The molecule has 1 heterocycles. The minimum absolute atomic E-state index is 0.114. The first-order chi connectivity index (χ1) is 12.0. The van der Waals surface area contributed by atoms with Gasteiger partial charge in [0.15, 0.2) is 0 Å². The molecule has 0 aliphatic rings. The summed E-state index contributed by atoms with van der Waals surface area (Å²) >= 11 is 0. The van der Waals surface area contributed by atoms with Crippen LogP contribution >= 0.6 is 0 Å². The van der Waals surface area contributed by atoms with Gasteiger partial charge in [-0.05, 0) is 54.7 Å². The van der Waals surface area contributed by atoms with E-state index in [1.165, 1.54) is 5.56 Å². The number of amides is 1. The number of hydrogen-bond donors (Lipinski definition) is 1. The first-order valence-electron chi connectivity index (χ1n) is 8.34. The molecule has 0 saturated carbocycles. The molecule has 2 aromatic carbocycles. The van der Waals surface area contributed by atoms with Gasteiger partial charge in [-0.25, -0.2) is 0 Å². The highest BCUT2D eigenvalue weighted by Gasteiger charge is 2.12. The molecule has 3 aromatic rings. The molecule has 0 bridgehead atoms. The monoisotopic (exact) mass is 335 g/mol. The molecule has 1 amide bonds. The normalized spacial score (nSPS) is 10.7. The highest BCUT2D eigenvalue weighted by Crippen LogP contribution is 2.15. The van der Waals surface area contributed by atoms with E-state index in [4.69, 9.17) is 4.42 Å². The van der Waals surface area contributed by atoms with Crippen LogP contribution < -0.4 is 5.32 Å². The zero-order chi connectivity index (χ0) is 17.8. The molecule has 0 saturated heterocycles. The van der Waals surface area contributed by atoms with Crippen molar-refractivity contribution in [2.75, 3.05) is 5.32 Å². The van der Waals surface area contributed by atoms with E-state index in [0.717, 1.165) is 23.1 Å². The highest BCUT2D eigenvalue weighted by atomic mass is 16.4. The van der Waals surface area contributed by atoms with Gasteiger partial charge in [-0.2, -0.15) is 0 Å². The van der Waals surface area contributed by atoms with Gasteiger partial charge < -0.3 is 4.42 Å². The molecular weight excluding hydrogens is 314 g/mol. The minimum Gasteiger partial charge on any atom is -0.407 e. The predicted molar refractivity (Wildman–Crippen MR) is 96.8 cm³/mol. The van der Waals surface area contributed by atoms with Crippen LogP contribution in [0.1, 0.15) is 45.4 Å². The Hall–Kier alpha value is -2.95. The van der Waals surface area contributed by atoms with Gasteiger partial charge in [-0.3, -0.25) is 10.1 Å². The van der Waals surface area contributed by atoms with Crippen LogP contribution in [0.5, 0.6) is 0 Å². The Morgan fingerprint density at radius 3 is 2.40 bits per heavy atom. The average Bonchev–Trinajstić information content (AvgIpc) is 3.04. The second-order valence-corrected chi connectivity index (χ2v) is 6.10. The standard InChI is InChI=1S/C20H21N3O2/c1-4-15-6-8-16(9-7-15)12-18-22-23-20(25-18)21-19(24)17-10-5-13(2)14(3)11-17/h5-11H,4,12H2,1-3H3,(H,21,23,24). The maximum atomic E-state index is 12.3. The second kappa shape index (κ2) is 7.30. The molecule has 0 unspecified atom stereocenters. The number of hydrogen-bond acceptors (Lipinski definition) is 4. The molecule has 0 spiro atoms. The van der Waals surface area contributed by atoms with E-state index < -0.39 is 0 Å². The average molecular weight is 335 g/mol. The van der Waals surface area contributed by atoms with Crippen LogP contribution in [0.25, 0.3) is 0 Å². The van der Waals surface area contributed by atoms with Gasteiger partial charge in [0.1, 0.15) is 0 Å². The van der Waals surface area contributed by atoms with Crippen molar-refractivity contribution in [3.05, 3.63) is 76.2 Å². The smallest absolute Gasteiger partial charge is 0.322 e. The number of aryl methyl sites for hydroxylation is 3. The van der Waals surface area contributed by atoms with E-state index in [0.29, 0.717) is 17.9 Å². The highest BCUT2D eigenvalue weighted by molar-refractivity contribution is 6.03. The fraction of sp³-hybridized carbons (Fsp3) is 0.250. The molecule has 1 N–H and O–H groups in total. The third kappa shape index (κ3) is 4.12. The number of carbonyl (C=O) groups excluding carboxylic acids is 1. The van der Waals surface area contributed by atoms with Crippen LogP contribution in [-0.4, -0.2) is 16.1 Å². The maximum absolute atomic E-state index is 12.3. The molecule has 0 aliphatic carbocycles. The molecular formula is C20H21N3O2. The van der Waals surface area contributed by atoms with Crippen LogP contribution in [-0.2, 0) is 12.8 Å². The Kier molecular flexibility index (Phi) is 4.93. The number of nitrogens with one attached hydrogen (secondary N) is 1. The summed E-state index contributed by atoms with van der Waals surface area (Å²) < 4.78 is 5.54. The third-order valence-corrected chi connectivity index (χ3v) is 4.24. The molecule has 25 heavy (non-hydrogen) atoms. The van der Waals surface area contributed by atoms with E-state index in [1.54, 1.807) is 6.07 Å². The number of aromatic nitrogens is 2. The van der Waals surface area contributed by atoms with Crippen molar-refractivity contribution in [2.24, 2.45) is 0 Å². The quantitative estimate of drug-likeness (QED) is 0.762. The van der Waals surface area contributed by atoms with Crippen LogP contribution in [0.15, 0.2) is 46.9 Å². The van der Waals surface area contributed by atoms with Gasteiger partial charge in [0, 0.05) is 5.56 Å². The van der Waals surface area contributed by atoms with E-state index in [-0.39, 0.29) is 11.9 Å². The minimum atomic E-state index is -0.259. The Labute approximate surface area is 147 Å². The van der Waals surface area contributed by atoms with E-state index in [2.05, 4.69) is 46.7 Å². The summed E-state index contributed by atoms with van der Waals surface area (Å²) in [5.41, 5.74) is 5.15. The zero-order valence-electron chi connectivity index (χ0n) is 14.7. The molecule has 0 radical (unpaired) electrons. The number of anilines is 1. The Balaban J connectivity index is 1.66. The van der Waals surface area contributed by atoms with Crippen molar-refractivity contribution in [1.82, 2.24) is 10.2 Å². The molecule has 0 aliphatic heterocycles. The first kappa shape index (κ1) is 16.9. The van der Waals surface area contributed by atoms with Crippen LogP contribution in [0.4, 0.5) is 6.01 Å². The molecule has 1 aromatic heterocycles. The van der Waals surface area contributed by atoms with Crippen molar-refractivity contribution < 1.29 is 9.21 Å². The molecule has 0 atom stereocenters. The lowest BCUT2D eigenvalue weighted by molar-refractivity contribution is 0.102. The van der Waals surface area contributed by atoms with Crippen molar-refractivity contribution in [3.63, 3.8) is 0 Å². The molecule has 0 fully saturated rings. The van der Waals surface area contributed by atoms with Crippen molar-refractivity contribution in [1.29, 1.82) is 0 Å². The number of nitrogens with zero attached hydrogens (tertiary/aromatic N) is 2. The van der Waals surface area contributed by atoms with E-state index >= 15 is 0 Å². The number of carbonyl (C=O) groups is 1. The first-order valence-corrected chi connectivity index (χ1v) is 8.34. The predicted octanol–water partition coefficient (Wildman–Crippen LogP) is 4.09.